The second kappa shape index (κ2) is 5.54. The minimum Gasteiger partial charge on any atom is -0.338 e. The van der Waals surface area contributed by atoms with Crippen LogP contribution in [0.15, 0.2) is 35.2 Å². The summed E-state index contributed by atoms with van der Waals surface area (Å²) in [5, 5.41) is 5.04. The summed E-state index contributed by atoms with van der Waals surface area (Å²) in [5.41, 5.74) is 1.90. The number of carbonyl (C=O) groups excluding carboxylic acids is 1. The van der Waals surface area contributed by atoms with Gasteiger partial charge in [-0.2, -0.15) is 0 Å². The Morgan fingerprint density at radius 1 is 1.42 bits per heavy atom. The van der Waals surface area contributed by atoms with Crippen LogP contribution in [-0.4, -0.2) is 32.8 Å². The summed E-state index contributed by atoms with van der Waals surface area (Å²) in [6.45, 7) is 7.72. The average molecular weight is 282 g/mol. The molecule has 0 saturated heterocycles. The number of nitrogens with two attached hydrogens (primary N) is 1. The Morgan fingerprint density at radius 2 is 2.00 bits per heavy atom. The maximum absolute atomic E-state index is 12.2. The first kappa shape index (κ1) is 15.4. The normalized spacial score (nSPS) is 11.2. The minimum atomic E-state index is -3.75. The molecule has 19 heavy (non-hydrogen) atoms. The molecule has 0 bridgehead atoms. The predicted molar refractivity (Wildman–Crippen MR) is 74.3 cm³/mol. The molecule has 2 N–H and O–H groups in total. The highest BCUT2D eigenvalue weighted by Gasteiger charge is 2.16. The summed E-state index contributed by atoms with van der Waals surface area (Å²) < 4.78 is 22.4. The van der Waals surface area contributed by atoms with Crippen LogP contribution in [0.4, 0.5) is 0 Å². The van der Waals surface area contributed by atoms with Gasteiger partial charge >= 0.3 is 0 Å². The van der Waals surface area contributed by atoms with E-state index < -0.39 is 10.0 Å². The molecule has 0 fully saturated rings. The molecule has 0 unspecified atom stereocenters. The van der Waals surface area contributed by atoms with Gasteiger partial charge in [0.05, 0.1) is 4.90 Å². The molecule has 0 spiro atoms. The van der Waals surface area contributed by atoms with Crippen LogP contribution in [0.3, 0.4) is 0 Å². The monoisotopic (exact) mass is 282 g/mol. The molecule has 0 aliphatic rings. The summed E-state index contributed by atoms with van der Waals surface area (Å²) in [6.07, 6.45) is 0. The Kier molecular flexibility index (Phi) is 4.49. The average Bonchev–Trinajstić information content (AvgIpc) is 2.25. The number of nitrogens with zero attached hydrogens (tertiary/aromatic N) is 1. The number of hydrogen-bond donors (Lipinski definition) is 1. The Hall–Kier alpha value is -1.66. The van der Waals surface area contributed by atoms with Crippen LogP contribution < -0.4 is 5.14 Å². The van der Waals surface area contributed by atoms with Gasteiger partial charge < -0.3 is 4.90 Å². The van der Waals surface area contributed by atoms with Crippen molar-refractivity contribution in [1.82, 2.24) is 4.90 Å². The van der Waals surface area contributed by atoms with E-state index in [4.69, 9.17) is 5.14 Å². The highest BCUT2D eigenvalue weighted by Crippen LogP contribution is 2.16. The Labute approximate surface area is 113 Å². The SMILES string of the molecule is C=C(C)CN(C)C(=O)c1ccc(S(N)(=O)=O)cc1C. The maximum Gasteiger partial charge on any atom is 0.254 e. The van der Waals surface area contributed by atoms with Gasteiger partial charge in [-0.15, -0.1) is 0 Å². The number of amides is 1. The maximum atomic E-state index is 12.2. The number of sulfonamides is 1. The predicted octanol–water partition coefficient (Wildman–Crippen LogP) is 1.29. The standard InChI is InChI=1S/C13H18N2O3S/c1-9(2)8-15(4)13(16)12-6-5-11(7-10(12)3)19(14,17)18/h5-7H,1,8H2,2-4H3,(H2,14,17,18). The van der Waals surface area contributed by atoms with Gasteiger partial charge in [-0.3, -0.25) is 4.79 Å². The van der Waals surface area contributed by atoms with Gasteiger partial charge in [0, 0.05) is 19.2 Å². The first-order valence-corrected chi connectivity index (χ1v) is 7.21. The van der Waals surface area contributed by atoms with Crippen LogP contribution in [-0.2, 0) is 10.0 Å². The minimum absolute atomic E-state index is 0.00380. The van der Waals surface area contributed by atoms with Crippen LogP contribution in [0.5, 0.6) is 0 Å². The van der Waals surface area contributed by atoms with Gasteiger partial charge in [-0.05, 0) is 37.6 Å². The fourth-order valence-corrected chi connectivity index (χ4v) is 2.33. The van der Waals surface area contributed by atoms with Gasteiger partial charge in [-0.25, -0.2) is 13.6 Å². The Bertz CT molecular complexity index is 621. The van der Waals surface area contributed by atoms with Crippen molar-refractivity contribution in [2.75, 3.05) is 13.6 Å². The number of hydrogen-bond acceptors (Lipinski definition) is 3. The van der Waals surface area contributed by atoms with E-state index in [0.717, 1.165) is 5.57 Å². The molecule has 1 aromatic carbocycles. The highest BCUT2D eigenvalue weighted by molar-refractivity contribution is 7.89. The lowest BCUT2D eigenvalue weighted by atomic mass is 10.1. The van der Waals surface area contributed by atoms with Gasteiger partial charge in [0.1, 0.15) is 0 Å². The van der Waals surface area contributed by atoms with Gasteiger partial charge in [0.25, 0.3) is 5.91 Å². The van der Waals surface area contributed by atoms with Crippen LogP contribution >= 0.6 is 0 Å². The summed E-state index contributed by atoms with van der Waals surface area (Å²) in [5.74, 6) is -0.179. The molecular weight excluding hydrogens is 264 g/mol. The molecule has 0 radical (unpaired) electrons. The summed E-state index contributed by atoms with van der Waals surface area (Å²) in [6, 6.07) is 4.22. The van der Waals surface area contributed by atoms with Crippen LogP contribution in [0, 0.1) is 6.92 Å². The molecule has 0 aliphatic carbocycles. The van der Waals surface area contributed by atoms with E-state index in [2.05, 4.69) is 6.58 Å². The van der Waals surface area contributed by atoms with Crippen molar-refractivity contribution in [1.29, 1.82) is 0 Å². The van der Waals surface area contributed by atoms with Crippen molar-refractivity contribution in [3.8, 4) is 0 Å². The van der Waals surface area contributed by atoms with Crippen LogP contribution in [0.1, 0.15) is 22.8 Å². The van der Waals surface area contributed by atoms with Crippen molar-refractivity contribution in [2.45, 2.75) is 18.7 Å². The van der Waals surface area contributed by atoms with E-state index in [1.54, 1.807) is 14.0 Å². The third-order valence-electron chi connectivity index (χ3n) is 2.61. The first-order chi connectivity index (χ1) is 8.62. The molecule has 0 atom stereocenters. The van der Waals surface area contributed by atoms with E-state index in [-0.39, 0.29) is 10.8 Å². The van der Waals surface area contributed by atoms with E-state index in [1.807, 2.05) is 6.92 Å². The number of benzene rings is 1. The summed E-state index contributed by atoms with van der Waals surface area (Å²) in [7, 11) is -2.08. The van der Waals surface area contributed by atoms with Crippen LogP contribution in [0.25, 0.3) is 0 Å². The fraction of sp³-hybridized carbons (Fsp3) is 0.308. The lowest BCUT2D eigenvalue weighted by Crippen LogP contribution is -2.28. The molecule has 0 aromatic heterocycles. The van der Waals surface area contributed by atoms with E-state index in [1.165, 1.54) is 23.1 Å². The number of carbonyl (C=O) groups is 1. The molecule has 5 nitrogen and oxygen atoms in total. The van der Waals surface area contributed by atoms with E-state index >= 15 is 0 Å². The number of likely N-dealkylation sites (N-methyl/N-ethyl adjacent to an activating group) is 1. The molecular formula is C13H18N2O3S. The van der Waals surface area contributed by atoms with Crippen molar-refractivity contribution in [2.24, 2.45) is 5.14 Å². The molecule has 1 amide bonds. The lowest BCUT2D eigenvalue weighted by molar-refractivity contribution is 0.0806. The lowest BCUT2D eigenvalue weighted by Gasteiger charge is -2.18. The van der Waals surface area contributed by atoms with Gasteiger partial charge in [-0.1, -0.05) is 12.2 Å². The second-order valence-electron chi connectivity index (χ2n) is 4.64. The third-order valence-corrected chi connectivity index (χ3v) is 3.52. The summed E-state index contributed by atoms with van der Waals surface area (Å²) >= 11 is 0. The molecule has 1 rings (SSSR count). The third kappa shape index (κ3) is 3.90. The molecule has 0 heterocycles. The quantitative estimate of drug-likeness (QED) is 0.845. The zero-order valence-electron chi connectivity index (χ0n) is 11.3. The number of primary sulfonamides is 1. The highest BCUT2D eigenvalue weighted by atomic mass is 32.2. The largest absolute Gasteiger partial charge is 0.338 e. The molecule has 0 saturated carbocycles. The van der Waals surface area contributed by atoms with Gasteiger partial charge in [0.2, 0.25) is 10.0 Å². The van der Waals surface area contributed by atoms with E-state index in [0.29, 0.717) is 17.7 Å². The smallest absolute Gasteiger partial charge is 0.254 e. The van der Waals surface area contributed by atoms with E-state index in [9.17, 15) is 13.2 Å². The first-order valence-electron chi connectivity index (χ1n) is 5.66. The second-order valence-corrected chi connectivity index (χ2v) is 6.20. The molecule has 104 valence electrons. The zero-order valence-corrected chi connectivity index (χ0v) is 12.1. The fourth-order valence-electron chi connectivity index (χ4n) is 1.74. The summed E-state index contributed by atoms with van der Waals surface area (Å²) in [4.78, 5) is 13.7. The Balaban J connectivity index is 3.10. The molecule has 1 aromatic rings. The zero-order chi connectivity index (χ0) is 14.8. The van der Waals surface area contributed by atoms with Crippen molar-refractivity contribution in [3.63, 3.8) is 0 Å². The van der Waals surface area contributed by atoms with Crippen molar-refractivity contribution in [3.05, 3.63) is 41.5 Å². The van der Waals surface area contributed by atoms with Crippen molar-refractivity contribution < 1.29 is 13.2 Å². The Morgan fingerprint density at radius 3 is 2.42 bits per heavy atom. The number of aryl methyl sites for hydroxylation is 1. The molecule has 0 aliphatic heterocycles. The van der Waals surface area contributed by atoms with Crippen LogP contribution in [0.2, 0.25) is 0 Å². The molecule has 6 heteroatoms. The van der Waals surface area contributed by atoms with Crippen molar-refractivity contribution >= 4 is 15.9 Å². The van der Waals surface area contributed by atoms with Gasteiger partial charge in [0.15, 0.2) is 0 Å². The topological polar surface area (TPSA) is 80.5 Å². The number of rotatable bonds is 4.